The van der Waals surface area contributed by atoms with E-state index in [9.17, 15) is 33.6 Å². The molecular weight excluding hydrogens is 632 g/mol. The van der Waals surface area contributed by atoms with E-state index in [1.807, 2.05) is 6.92 Å². The van der Waals surface area contributed by atoms with Gasteiger partial charge in [0.2, 0.25) is 5.78 Å². The number of ketones is 1. The number of aromatic hydroxyl groups is 2. The number of phenolic OH excluding ortho intramolecular Hbond substituents is 2. The molecule has 2 heterocycles. The Labute approximate surface area is 270 Å². The maximum absolute atomic E-state index is 13.3. The lowest BCUT2D eigenvalue weighted by Gasteiger charge is -2.35. The van der Waals surface area contributed by atoms with Crippen LogP contribution in [0, 0.1) is 20.8 Å². The summed E-state index contributed by atoms with van der Waals surface area (Å²) in [5.74, 6) is -1.36. The van der Waals surface area contributed by atoms with E-state index in [1.165, 1.54) is 31.4 Å². The molecule has 6 rings (SSSR count). The highest BCUT2D eigenvalue weighted by atomic mass is 32.2. The van der Waals surface area contributed by atoms with Gasteiger partial charge in [0.15, 0.2) is 47.4 Å². The maximum atomic E-state index is 13.3. The predicted molar refractivity (Wildman–Crippen MR) is 166 cm³/mol. The summed E-state index contributed by atoms with van der Waals surface area (Å²) in [6, 6.07) is 14.7. The fourth-order valence-corrected chi connectivity index (χ4v) is 7.39. The minimum atomic E-state index is -4.35. The number of phenols is 2. The second kappa shape index (κ2) is 12.0. The lowest BCUT2D eigenvalue weighted by molar-refractivity contribution is -0.0130. The van der Waals surface area contributed by atoms with E-state index < -0.39 is 52.7 Å². The quantitative estimate of drug-likeness (QED) is 0.206. The van der Waals surface area contributed by atoms with E-state index >= 15 is 0 Å². The van der Waals surface area contributed by atoms with Crippen molar-refractivity contribution < 1.29 is 56.8 Å². The zero-order valence-electron chi connectivity index (χ0n) is 25.8. The van der Waals surface area contributed by atoms with Crippen LogP contribution in [0.4, 0.5) is 0 Å². The molecule has 0 aliphatic carbocycles. The molecule has 12 nitrogen and oxygen atoms in total. The Morgan fingerprint density at radius 3 is 2.13 bits per heavy atom. The van der Waals surface area contributed by atoms with Crippen molar-refractivity contribution in [1.82, 2.24) is 0 Å². The SMILES string of the molecule is COc1cc([C@H]2Oc3cc([C@H]4Oc5cc(OS(=O)(=O)c6c(C)cc(C)cc6C)cc(O)c5C(=O)[C@@H]4O)ccc3O[C@@H]2CO)ccc1O. The molecule has 4 N–H and O–H groups in total. The molecule has 0 saturated carbocycles. The van der Waals surface area contributed by atoms with Crippen molar-refractivity contribution in [3.8, 4) is 40.2 Å². The fourth-order valence-electron chi connectivity index (χ4n) is 6.05. The molecular formula is C34H32O12S. The van der Waals surface area contributed by atoms with Gasteiger partial charge in [-0.25, -0.2) is 0 Å². The van der Waals surface area contributed by atoms with Crippen molar-refractivity contribution in [3.05, 3.63) is 94.0 Å². The minimum Gasteiger partial charge on any atom is -0.507 e. The van der Waals surface area contributed by atoms with E-state index in [0.29, 0.717) is 22.3 Å². The third-order valence-electron chi connectivity index (χ3n) is 8.05. The third-order valence-corrected chi connectivity index (χ3v) is 9.61. The number of hydrogen-bond donors (Lipinski definition) is 4. The lowest BCUT2D eigenvalue weighted by Crippen LogP contribution is -2.37. The molecule has 13 heteroatoms. The van der Waals surface area contributed by atoms with Crippen LogP contribution in [-0.2, 0) is 10.1 Å². The molecule has 0 spiro atoms. The predicted octanol–water partition coefficient (Wildman–Crippen LogP) is 4.35. The Balaban J connectivity index is 1.32. The number of fused-ring (bicyclic) bond motifs is 2. The minimum absolute atomic E-state index is 0.0191. The smallest absolute Gasteiger partial charge is 0.339 e. The standard InChI is InChI=1S/C34H32O12S/c1-16-9-17(2)34(18(3)10-16)47(40,41)46-21-13-23(37)29-27(14-21)45-33(31(39)30(29)38)20-6-8-24-26(12-20)44-32(28(15-35)43-24)19-5-7-22(36)25(11-19)42-4/h5-14,28,31-33,35-37,39H,15H2,1-4H3/t28-,31+,32-,33-/m1/s1. The average molecular weight is 665 g/mol. The number of carbonyl (C=O) groups is 1. The summed E-state index contributed by atoms with van der Waals surface area (Å²) in [6.07, 6.45) is -4.67. The Bertz CT molecular complexity index is 1980. The molecule has 2 aliphatic rings. The number of hydrogen-bond acceptors (Lipinski definition) is 12. The number of carbonyl (C=O) groups excluding carboxylic acids is 1. The van der Waals surface area contributed by atoms with E-state index in [0.717, 1.165) is 11.6 Å². The Kier molecular flexibility index (Phi) is 8.16. The highest BCUT2D eigenvalue weighted by Gasteiger charge is 2.41. The van der Waals surface area contributed by atoms with Crippen LogP contribution in [-0.4, -0.2) is 60.6 Å². The lowest BCUT2D eigenvalue weighted by atomic mass is 9.92. The number of aliphatic hydroxyl groups is 2. The summed E-state index contributed by atoms with van der Waals surface area (Å²) in [4.78, 5) is 13.3. The largest absolute Gasteiger partial charge is 0.507 e. The summed E-state index contributed by atoms with van der Waals surface area (Å²) < 4.78 is 55.4. The first kappa shape index (κ1) is 32.0. The molecule has 4 aromatic carbocycles. The van der Waals surface area contributed by atoms with E-state index in [1.54, 1.807) is 44.2 Å². The molecule has 0 unspecified atom stereocenters. The van der Waals surface area contributed by atoms with Crippen molar-refractivity contribution in [3.63, 3.8) is 0 Å². The number of methoxy groups -OCH3 is 1. The molecule has 4 aromatic rings. The molecule has 0 saturated heterocycles. The van der Waals surface area contributed by atoms with Crippen LogP contribution in [0.25, 0.3) is 0 Å². The number of aliphatic hydroxyl groups excluding tert-OH is 2. The highest BCUT2D eigenvalue weighted by Crippen LogP contribution is 2.46. The van der Waals surface area contributed by atoms with Gasteiger partial charge in [0.05, 0.1) is 13.7 Å². The van der Waals surface area contributed by atoms with Crippen LogP contribution in [0.15, 0.2) is 65.6 Å². The molecule has 4 atom stereocenters. The van der Waals surface area contributed by atoms with Gasteiger partial charge in [-0.1, -0.05) is 29.8 Å². The van der Waals surface area contributed by atoms with Gasteiger partial charge < -0.3 is 43.6 Å². The van der Waals surface area contributed by atoms with Crippen LogP contribution in [0.3, 0.4) is 0 Å². The van der Waals surface area contributed by atoms with Crippen molar-refractivity contribution in [1.29, 1.82) is 0 Å². The second-order valence-electron chi connectivity index (χ2n) is 11.4. The van der Waals surface area contributed by atoms with Gasteiger partial charge in [0.25, 0.3) is 0 Å². The number of ether oxygens (including phenoxy) is 4. The van der Waals surface area contributed by atoms with Crippen LogP contribution in [0.2, 0.25) is 0 Å². The summed E-state index contributed by atoms with van der Waals surface area (Å²) in [7, 11) is -2.95. The molecule has 246 valence electrons. The average Bonchev–Trinajstić information content (AvgIpc) is 3.01. The van der Waals surface area contributed by atoms with Crippen LogP contribution in [0.1, 0.15) is 50.4 Å². The Morgan fingerprint density at radius 1 is 0.787 bits per heavy atom. The van der Waals surface area contributed by atoms with Gasteiger partial charge >= 0.3 is 10.1 Å². The van der Waals surface area contributed by atoms with Crippen LogP contribution < -0.4 is 23.1 Å². The molecule has 0 aromatic heterocycles. The zero-order chi connectivity index (χ0) is 33.8. The summed E-state index contributed by atoms with van der Waals surface area (Å²) in [5, 5.41) is 41.8. The summed E-state index contributed by atoms with van der Waals surface area (Å²) >= 11 is 0. The first-order valence-corrected chi connectivity index (χ1v) is 16.0. The molecule has 2 aliphatic heterocycles. The third kappa shape index (κ3) is 5.77. The zero-order valence-corrected chi connectivity index (χ0v) is 26.6. The second-order valence-corrected chi connectivity index (χ2v) is 12.9. The van der Waals surface area contributed by atoms with Crippen LogP contribution in [0.5, 0.6) is 40.2 Å². The van der Waals surface area contributed by atoms with Crippen molar-refractivity contribution in [2.45, 2.75) is 50.1 Å². The van der Waals surface area contributed by atoms with Crippen molar-refractivity contribution in [2.75, 3.05) is 13.7 Å². The molecule has 0 amide bonds. The molecule has 47 heavy (non-hydrogen) atoms. The number of rotatable bonds is 7. The number of benzene rings is 4. The van der Waals surface area contributed by atoms with Gasteiger partial charge in [-0.3, -0.25) is 4.79 Å². The molecule has 0 bridgehead atoms. The first-order valence-electron chi connectivity index (χ1n) is 14.5. The molecule has 0 radical (unpaired) electrons. The van der Waals surface area contributed by atoms with Crippen LogP contribution >= 0.6 is 0 Å². The van der Waals surface area contributed by atoms with Crippen molar-refractivity contribution in [2.24, 2.45) is 0 Å². The molecule has 0 fully saturated rings. The maximum Gasteiger partial charge on any atom is 0.339 e. The van der Waals surface area contributed by atoms with E-state index in [2.05, 4.69) is 0 Å². The topological polar surface area (TPSA) is 178 Å². The number of aryl methyl sites for hydroxylation is 3. The van der Waals surface area contributed by atoms with Crippen molar-refractivity contribution >= 4 is 15.9 Å². The van der Waals surface area contributed by atoms with E-state index in [-0.39, 0.29) is 45.0 Å². The first-order chi connectivity index (χ1) is 22.3. The normalized spacial score (nSPS) is 20.3. The fraction of sp³-hybridized carbons (Fsp3) is 0.265. The van der Waals surface area contributed by atoms with E-state index in [4.69, 9.17) is 23.1 Å². The van der Waals surface area contributed by atoms with Gasteiger partial charge in [0.1, 0.15) is 27.7 Å². The highest BCUT2D eigenvalue weighted by molar-refractivity contribution is 7.87. The Morgan fingerprint density at radius 2 is 1.45 bits per heavy atom. The summed E-state index contributed by atoms with van der Waals surface area (Å²) in [5.41, 5.74) is 2.36. The Hall–Kier alpha value is -4.98. The number of Topliss-reactive ketones (excluding diaryl/α,β-unsaturated/α-hetero) is 1. The van der Waals surface area contributed by atoms with Gasteiger partial charge in [-0.15, -0.1) is 0 Å². The van der Waals surface area contributed by atoms with Gasteiger partial charge in [0, 0.05) is 17.7 Å². The monoisotopic (exact) mass is 664 g/mol. The van der Waals surface area contributed by atoms with Gasteiger partial charge in [-0.2, -0.15) is 8.42 Å². The summed E-state index contributed by atoms with van der Waals surface area (Å²) in [6.45, 7) is 4.75. The van der Waals surface area contributed by atoms with Gasteiger partial charge in [-0.05, 0) is 61.7 Å².